The summed E-state index contributed by atoms with van der Waals surface area (Å²) in [6.45, 7) is 3.91. The van der Waals surface area contributed by atoms with Crippen molar-refractivity contribution in [1.29, 1.82) is 5.26 Å². The Morgan fingerprint density at radius 3 is 2.41 bits per heavy atom. The van der Waals surface area contributed by atoms with Gasteiger partial charge in [-0.1, -0.05) is 42.0 Å². The number of piperazine rings is 1. The molecule has 4 rings (SSSR count). The minimum atomic E-state index is -3.69. The molecule has 0 aliphatic carbocycles. The fourth-order valence-corrected chi connectivity index (χ4v) is 5.76. The molecule has 148 valence electrons. The maximum atomic E-state index is 13.0. The molecule has 1 saturated heterocycles. The lowest BCUT2D eigenvalue weighted by molar-refractivity contribution is 0.384. The molecule has 3 aromatic rings. The Balaban J connectivity index is 1.47. The van der Waals surface area contributed by atoms with E-state index in [-0.39, 0.29) is 10.5 Å². The second-order valence-corrected chi connectivity index (χ2v) is 9.62. The second-order valence-electron chi connectivity index (χ2n) is 6.88. The van der Waals surface area contributed by atoms with Crippen LogP contribution in [0.15, 0.2) is 58.8 Å². The van der Waals surface area contributed by atoms with E-state index >= 15 is 0 Å². The van der Waals surface area contributed by atoms with Crippen LogP contribution in [0.4, 0.5) is 5.13 Å². The lowest BCUT2D eigenvalue weighted by atomic mass is 10.1. The van der Waals surface area contributed by atoms with Crippen molar-refractivity contribution in [3.8, 4) is 17.3 Å². The minimum absolute atomic E-state index is 0.0758. The molecule has 0 bridgehead atoms. The van der Waals surface area contributed by atoms with Crippen LogP contribution in [-0.2, 0) is 10.0 Å². The van der Waals surface area contributed by atoms with Crippen LogP contribution in [0.5, 0.6) is 0 Å². The second kappa shape index (κ2) is 7.95. The smallest absolute Gasteiger partial charge is 0.244 e. The summed E-state index contributed by atoms with van der Waals surface area (Å²) < 4.78 is 27.4. The Morgan fingerprint density at radius 1 is 1.03 bits per heavy atom. The number of anilines is 1. The number of hydrogen-bond donors (Lipinski definition) is 0. The van der Waals surface area contributed by atoms with Gasteiger partial charge in [0.15, 0.2) is 5.13 Å². The molecule has 1 aliphatic heterocycles. The largest absolute Gasteiger partial charge is 0.345 e. The summed E-state index contributed by atoms with van der Waals surface area (Å²) in [5.41, 5.74) is 3.40. The van der Waals surface area contributed by atoms with Gasteiger partial charge in [-0.3, -0.25) is 0 Å². The number of nitriles is 1. The molecule has 1 aliphatic rings. The van der Waals surface area contributed by atoms with E-state index in [2.05, 4.69) is 36.1 Å². The van der Waals surface area contributed by atoms with Crippen LogP contribution in [0, 0.1) is 18.3 Å². The Labute approximate surface area is 174 Å². The molecule has 8 heteroatoms. The first kappa shape index (κ1) is 19.6. The summed E-state index contributed by atoms with van der Waals surface area (Å²) in [4.78, 5) is 6.93. The molecule has 0 unspecified atom stereocenters. The summed E-state index contributed by atoms with van der Waals surface area (Å²) in [6, 6.07) is 16.6. The van der Waals surface area contributed by atoms with E-state index in [0.29, 0.717) is 26.2 Å². The van der Waals surface area contributed by atoms with Crippen molar-refractivity contribution in [2.24, 2.45) is 0 Å². The normalized spacial score (nSPS) is 15.2. The Hall–Kier alpha value is -2.73. The van der Waals surface area contributed by atoms with Crippen LogP contribution in [-0.4, -0.2) is 43.9 Å². The number of aromatic nitrogens is 1. The summed E-state index contributed by atoms with van der Waals surface area (Å²) in [7, 11) is -3.69. The van der Waals surface area contributed by atoms with Crippen LogP contribution in [0.1, 0.15) is 11.1 Å². The first-order valence-electron chi connectivity index (χ1n) is 9.26. The zero-order valence-corrected chi connectivity index (χ0v) is 17.6. The number of aryl methyl sites for hydroxylation is 1. The third-order valence-electron chi connectivity index (χ3n) is 4.97. The Bertz CT molecular complexity index is 1160. The molecule has 0 atom stereocenters. The molecule has 2 aromatic carbocycles. The van der Waals surface area contributed by atoms with Gasteiger partial charge in [0, 0.05) is 37.1 Å². The molecule has 29 heavy (non-hydrogen) atoms. The molecular weight excluding hydrogens is 404 g/mol. The highest BCUT2D eigenvalue weighted by molar-refractivity contribution is 7.89. The third-order valence-corrected chi connectivity index (χ3v) is 7.83. The predicted molar refractivity (Wildman–Crippen MR) is 114 cm³/mol. The third kappa shape index (κ3) is 3.90. The van der Waals surface area contributed by atoms with E-state index in [9.17, 15) is 13.7 Å². The molecule has 1 aromatic heterocycles. The average Bonchev–Trinajstić information content (AvgIpc) is 3.24. The fourth-order valence-electron chi connectivity index (χ4n) is 3.31. The SMILES string of the molecule is Cc1ccc(-c2csc(N3CCN(S(=O)(=O)c4ccccc4C#N)CC3)n2)cc1. The van der Waals surface area contributed by atoms with Crippen LogP contribution in [0.2, 0.25) is 0 Å². The molecule has 1 fully saturated rings. The highest BCUT2D eigenvalue weighted by atomic mass is 32.2. The van der Waals surface area contributed by atoms with Gasteiger partial charge < -0.3 is 4.90 Å². The topological polar surface area (TPSA) is 77.3 Å². The lowest BCUT2D eigenvalue weighted by Crippen LogP contribution is -2.48. The lowest BCUT2D eigenvalue weighted by Gasteiger charge is -2.33. The van der Waals surface area contributed by atoms with Crippen molar-refractivity contribution >= 4 is 26.5 Å². The van der Waals surface area contributed by atoms with Gasteiger partial charge in [-0.05, 0) is 19.1 Å². The Kier molecular flexibility index (Phi) is 5.37. The van der Waals surface area contributed by atoms with E-state index < -0.39 is 10.0 Å². The van der Waals surface area contributed by atoms with Gasteiger partial charge in [0.05, 0.1) is 16.2 Å². The van der Waals surface area contributed by atoms with Crippen molar-refractivity contribution in [3.05, 3.63) is 65.0 Å². The van der Waals surface area contributed by atoms with Crippen molar-refractivity contribution < 1.29 is 8.42 Å². The van der Waals surface area contributed by atoms with Crippen molar-refractivity contribution in [2.45, 2.75) is 11.8 Å². The molecule has 0 N–H and O–H groups in total. The van der Waals surface area contributed by atoms with Crippen LogP contribution in [0.3, 0.4) is 0 Å². The van der Waals surface area contributed by atoms with Crippen molar-refractivity contribution in [3.63, 3.8) is 0 Å². The molecule has 2 heterocycles. The van der Waals surface area contributed by atoms with Crippen molar-refractivity contribution in [1.82, 2.24) is 9.29 Å². The summed E-state index contributed by atoms with van der Waals surface area (Å²) in [5, 5.41) is 12.2. The van der Waals surface area contributed by atoms with Gasteiger partial charge in [-0.15, -0.1) is 11.3 Å². The number of benzene rings is 2. The van der Waals surface area contributed by atoms with E-state index in [1.54, 1.807) is 23.5 Å². The fraction of sp³-hybridized carbons (Fsp3) is 0.238. The van der Waals surface area contributed by atoms with E-state index in [1.807, 2.05) is 11.4 Å². The summed E-state index contributed by atoms with van der Waals surface area (Å²) in [5.74, 6) is 0. The van der Waals surface area contributed by atoms with Crippen LogP contribution in [0.25, 0.3) is 11.3 Å². The zero-order valence-electron chi connectivity index (χ0n) is 15.9. The molecule has 0 radical (unpaired) electrons. The first-order chi connectivity index (χ1) is 14.0. The standard InChI is InChI=1S/C21H20N4O2S2/c1-16-6-8-17(9-7-16)19-15-28-21(23-19)24-10-12-25(13-11-24)29(26,27)20-5-3-2-4-18(20)14-22/h2-9,15H,10-13H2,1H3. The van der Waals surface area contributed by atoms with Gasteiger partial charge in [0.1, 0.15) is 6.07 Å². The monoisotopic (exact) mass is 424 g/mol. The van der Waals surface area contributed by atoms with Gasteiger partial charge in [-0.25, -0.2) is 13.4 Å². The summed E-state index contributed by atoms with van der Waals surface area (Å²) in [6.07, 6.45) is 0. The van der Waals surface area contributed by atoms with E-state index in [1.165, 1.54) is 22.0 Å². The van der Waals surface area contributed by atoms with Gasteiger partial charge in [0.2, 0.25) is 10.0 Å². The molecule has 0 amide bonds. The first-order valence-corrected chi connectivity index (χ1v) is 11.6. The molecule has 0 spiro atoms. The predicted octanol–water partition coefficient (Wildman–Crippen LogP) is 3.50. The maximum absolute atomic E-state index is 13.0. The maximum Gasteiger partial charge on any atom is 0.244 e. The van der Waals surface area contributed by atoms with Crippen molar-refractivity contribution in [2.75, 3.05) is 31.1 Å². The quantitative estimate of drug-likeness (QED) is 0.641. The summed E-state index contributed by atoms with van der Waals surface area (Å²) >= 11 is 1.57. The zero-order chi connectivity index (χ0) is 20.4. The number of hydrogen-bond acceptors (Lipinski definition) is 6. The molecule has 6 nitrogen and oxygen atoms in total. The molecular formula is C21H20N4O2S2. The average molecular weight is 425 g/mol. The van der Waals surface area contributed by atoms with E-state index in [0.717, 1.165) is 16.4 Å². The van der Waals surface area contributed by atoms with Gasteiger partial charge in [-0.2, -0.15) is 9.57 Å². The number of nitrogens with zero attached hydrogens (tertiary/aromatic N) is 4. The van der Waals surface area contributed by atoms with Crippen LogP contribution < -0.4 is 4.90 Å². The number of rotatable bonds is 4. The van der Waals surface area contributed by atoms with Crippen LogP contribution >= 0.6 is 11.3 Å². The van der Waals surface area contributed by atoms with Gasteiger partial charge in [0.25, 0.3) is 0 Å². The highest BCUT2D eigenvalue weighted by Crippen LogP contribution is 2.29. The molecule has 0 saturated carbocycles. The Morgan fingerprint density at radius 2 is 1.72 bits per heavy atom. The minimum Gasteiger partial charge on any atom is -0.345 e. The number of sulfonamides is 1. The van der Waals surface area contributed by atoms with Gasteiger partial charge >= 0.3 is 0 Å². The van der Waals surface area contributed by atoms with E-state index in [4.69, 9.17) is 4.98 Å². The highest BCUT2D eigenvalue weighted by Gasteiger charge is 2.31. The number of thiazole rings is 1.